The van der Waals surface area contributed by atoms with Crippen LogP contribution in [0.25, 0.3) is 0 Å². The number of alkyl halides is 2. The molecule has 0 saturated carbocycles. The summed E-state index contributed by atoms with van der Waals surface area (Å²) in [6, 6.07) is 4.05. The average molecular weight is 542 g/mol. The van der Waals surface area contributed by atoms with Crippen LogP contribution >= 0.6 is 23.2 Å². The van der Waals surface area contributed by atoms with Crippen LogP contribution in [0.5, 0.6) is 0 Å². The van der Waals surface area contributed by atoms with E-state index in [1.54, 1.807) is 0 Å². The van der Waals surface area contributed by atoms with Gasteiger partial charge < -0.3 is 36.2 Å². The number of carboxylic acid groups (broad SMARTS) is 1. The third kappa shape index (κ3) is 11.6. The van der Waals surface area contributed by atoms with Crippen molar-refractivity contribution in [1.29, 1.82) is 0 Å². The Morgan fingerprint density at radius 3 is 2.03 bits per heavy atom. The summed E-state index contributed by atoms with van der Waals surface area (Å²) in [6.45, 7) is 2.15. The molecule has 13 nitrogen and oxygen atoms in total. The lowest BCUT2D eigenvalue weighted by atomic mass is 9.87. The zero-order chi connectivity index (χ0) is 27.3. The first-order valence-corrected chi connectivity index (χ1v) is 10.9. The number of nitrogens with zero attached hydrogens (tertiary/aromatic N) is 1. The second-order valence-corrected chi connectivity index (χ2v) is 8.97. The van der Waals surface area contributed by atoms with Gasteiger partial charge in [0, 0.05) is 24.1 Å². The summed E-state index contributed by atoms with van der Waals surface area (Å²) >= 11 is 10.7. The minimum atomic E-state index is -1.35. The van der Waals surface area contributed by atoms with Crippen molar-refractivity contribution in [3.05, 3.63) is 39.9 Å². The van der Waals surface area contributed by atoms with Gasteiger partial charge in [-0.05, 0) is 17.7 Å². The molecule has 0 radical (unpaired) electrons. The van der Waals surface area contributed by atoms with Gasteiger partial charge in [-0.3, -0.25) is 24.5 Å². The monoisotopic (exact) mass is 541 g/mol. The van der Waals surface area contributed by atoms with Gasteiger partial charge in [0.15, 0.2) is 4.84 Å². The van der Waals surface area contributed by atoms with Crippen LogP contribution in [0.3, 0.4) is 0 Å². The zero-order valence-corrected chi connectivity index (χ0v) is 20.4. The summed E-state index contributed by atoms with van der Waals surface area (Å²) in [7, 11) is 0. The highest BCUT2D eigenvalue weighted by Crippen LogP contribution is 2.21. The maximum Gasteiger partial charge on any atom is 0.305 e. The van der Waals surface area contributed by atoms with Crippen molar-refractivity contribution in [2.24, 2.45) is 5.41 Å². The Balaban J connectivity index is 0.000000691. The van der Waals surface area contributed by atoms with Gasteiger partial charge in [0.2, 0.25) is 5.91 Å². The van der Waals surface area contributed by atoms with E-state index in [1.807, 2.05) is 0 Å². The topological polar surface area (TPSA) is 220 Å². The van der Waals surface area contributed by atoms with Crippen LogP contribution in [-0.2, 0) is 14.4 Å². The lowest BCUT2D eigenvalue weighted by Crippen LogP contribution is -2.45. The van der Waals surface area contributed by atoms with Gasteiger partial charge in [-0.1, -0.05) is 37.0 Å². The number of benzene rings is 1. The van der Waals surface area contributed by atoms with E-state index in [0.717, 1.165) is 0 Å². The number of hydrogen-bond donors (Lipinski definition) is 7. The van der Waals surface area contributed by atoms with Crippen LogP contribution in [0.2, 0.25) is 0 Å². The lowest BCUT2D eigenvalue weighted by molar-refractivity contribution is -0.384. The molecule has 0 saturated heterocycles. The normalized spacial score (nSPS) is 13.6. The quantitative estimate of drug-likeness (QED) is 0.105. The first kappa shape index (κ1) is 32.5. The molecule has 0 aliphatic rings. The predicted molar refractivity (Wildman–Crippen MR) is 125 cm³/mol. The van der Waals surface area contributed by atoms with Crippen molar-refractivity contribution in [2.75, 3.05) is 19.8 Å². The van der Waals surface area contributed by atoms with Gasteiger partial charge in [-0.15, -0.1) is 0 Å². The third-order valence-corrected chi connectivity index (χ3v) is 4.98. The number of carbonyl (C=O) groups excluding carboxylic acids is 2. The Kier molecular flexibility index (Phi) is 14.3. The van der Waals surface area contributed by atoms with Crippen molar-refractivity contribution >= 4 is 46.7 Å². The molecular weight excluding hydrogens is 513 g/mol. The Bertz CT molecular complexity index is 852. The largest absolute Gasteiger partial charge is 0.481 e. The molecule has 2 amide bonds. The third-order valence-electron chi connectivity index (χ3n) is 4.58. The van der Waals surface area contributed by atoms with Crippen LogP contribution in [0.4, 0.5) is 5.69 Å². The van der Waals surface area contributed by atoms with E-state index < -0.39 is 57.8 Å². The van der Waals surface area contributed by atoms with E-state index in [4.69, 9.17) is 38.5 Å². The second kappa shape index (κ2) is 15.4. The molecule has 35 heavy (non-hydrogen) atoms. The number of nitro groups is 1. The Labute approximate surface area is 210 Å². The number of carbonyl (C=O) groups is 3. The number of aliphatic hydroxyl groups is 4. The molecule has 1 rings (SSSR count). The van der Waals surface area contributed by atoms with Crippen molar-refractivity contribution < 1.29 is 44.8 Å². The number of nitro benzene ring substituents is 1. The molecule has 0 spiro atoms. The van der Waals surface area contributed by atoms with E-state index in [-0.39, 0.29) is 25.3 Å². The predicted octanol–water partition coefficient (Wildman–Crippen LogP) is -0.134. The molecule has 7 N–H and O–H groups in total. The summed E-state index contributed by atoms with van der Waals surface area (Å²) in [4.78, 5) is 41.3. The molecule has 3 atom stereocenters. The van der Waals surface area contributed by atoms with E-state index in [2.05, 4.69) is 10.6 Å². The van der Waals surface area contributed by atoms with E-state index in [1.165, 1.54) is 38.1 Å². The number of aliphatic hydroxyl groups excluding tert-OH is 4. The van der Waals surface area contributed by atoms with Crippen LogP contribution in [0.15, 0.2) is 24.3 Å². The molecule has 0 aromatic heterocycles. The zero-order valence-electron chi connectivity index (χ0n) is 18.9. The molecule has 0 bridgehead atoms. The highest BCUT2D eigenvalue weighted by atomic mass is 35.5. The summed E-state index contributed by atoms with van der Waals surface area (Å²) in [6.07, 6.45) is -2.80. The maximum atomic E-state index is 11.3. The number of carboxylic acids is 1. The Morgan fingerprint density at radius 2 is 1.63 bits per heavy atom. The fourth-order valence-electron chi connectivity index (χ4n) is 2.33. The summed E-state index contributed by atoms with van der Waals surface area (Å²) in [5.74, 6) is -2.45. The SMILES string of the molecule is CC(C)(CO)[C@@H](O)C(=O)NCCC(=O)O.O=C(N[C@H](CO)[C@H](O)c1ccc([N+](=O)[O-])cc1)C(Cl)Cl. The Hall–Kier alpha value is -2.55. The van der Waals surface area contributed by atoms with Gasteiger partial charge in [-0.25, -0.2) is 0 Å². The van der Waals surface area contributed by atoms with Crippen molar-refractivity contribution in [3.8, 4) is 0 Å². The van der Waals surface area contributed by atoms with Gasteiger partial charge in [0.1, 0.15) is 12.2 Å². The molecule has 1 aromatic rings. The van der Waals surface area contributed by atoms with Crippen LogP contribution in [0.1, 0.15) is 31.9 Å². The van der Waals surface area contributed by atoms with E-state index in [0.29, 0.717) is 5.56 Å². The second-order valence-electron chi connectivity index (χ2n) is 7.88. The van der Waals surface area contributed by atoms with E-state index in [9.17, 15) is 34.7 Å². The summed E-state index contributed by atoms with van der Waals surface area (Å²) < 4.78 is 0. The summed E-state index contributed by atoms with van der Waals surface area (Å²) in [5.41, 5.74) is -0.768. The highest BCUT2D eigenvalue weighted by Gasteiger charge is 2.32. The Morgan fingerprint density at radius 1 is 1.09 bits per heavy atom. The highest BCUT2D eigenvalue weighted by molar-refractivity contribution is 6.53. The minimum absolute atomic E-state index is 0.0350. The molecule has 0 heterocycles. The number of hydrogen-bond acceptors (Lipinski definition) is 9. The smallest absolute Gasteiger partial charge is 0.305 e. The summed E-state index contributed by atoms with van der Waals surface area (Å²) in [5, 5.41) is 60.9. The van der Waals surface area contributed by atoms with Gasteiger partial charge in [0.25, 0.3) is 11.6 Å². The van der Waals surface area contributed by atoms with Crippen molar-refractivity contribution in [3.63, 3.8) is 0 Å². The van der Waals surface area contributed by atoms with E-state index >= 15 is 0 Å². The van der Waals surface area contributed by atoms with Crippen LogP contribution < -0.4 is 10.6 Å². The molecule has 0 fully saturated rings. The fourth-order valence-corrected chi connectivity index (χ4v) is 2.45. The molecule has 0 unspecified atom stereocenters. The first-order valence-electron chi connectivity index (χ1n) is 10.1. The van der Waals surface area contributed by atoms with Gasteiger partial charge in [-0.2, -0.15) is 0 Å². The number of aliphatic carboxylic acids is 1. The molecule has 198 valence electrons. The average Bonchev–Trinajstić information content (AvgIpc) is 2.81. The molecule has 0 aliphatic carbocycles. The van der Waals surface area contributed by atoms with Gasteiger partial charge in [0.05, 0.1) is 30.6 Å². The first-order chi connectivity index (χ1) is 16.2. The van der Waals surface area contributed by atoms with Crippen LogP contribution in [0, 0.1) is 15.5 Å². The number of amides is 2. The number of nitrogens with one attached hydrogen (secondary N) is 2. The number of rotatable bonds is 12. The molecule has 0 aliphatic heterocycles. The molecule has 15 heteroatoms. The van der Waals surface area contributed by atoms with Crippen LogP contribution in [-0.4, -0.2) is 85.0 Å². The molecular formula is C20H29Cl2N3O10. The maximum absolute atomic E-state index is 11.3. The standard InChI is InChI=1S/C11H12Cl2N2O5.C9H17NO5/c12-10(13)11(18)14-8(5-16)9(17)6-1-3-7(4-2-6)15(19)20;1-9(2,5-11)7(14)8(15)10-4-3-6(12)13/h1-4,8-10,16-17H,5H2,(H,14,18);7,11,14H,3-5H2,1-2H3,(H,10,15)(H,12,13)/t8-,9-;7-/m10/s1. The number of non-ortho nitro benzene ring substituents is 1. The van der Waals surface area contributed by atoms with Gasteiger partial charge >= 0.3 is 5.97 Å². The fraction of sp³-hybridized carbons (Fsp3) is 0.550. The molecule has 1 aromatic carbocycles. The van der Waals surface area contributed by atoms with Crippen molar-refractivity contribution in [2.45, 2.75) is 43.4 Å². The number of halogens is 2. The lowest BCUT2D eigenvalue weighted by Gasteiger charge is -2.26. The minimum Gasteiger partial charge on any atom is -0.481 e. The van der Waals surface area contributed by atoms with Crippen molar-refractivity contribution in [1.82, 2.24) is 10.6 Å².